The zero-order valence-corrected chi connectivity index (χ0v) is 24.3. The minimum absolute atomic E-state index is 1.30. The van der Waals surface area contributed by atoms with Gasteiger partial charge in [-0.1, -0.05) is 182 Å². The molecule has 190 valence electrons. The van der Waals surface area contributed by atoms with Crippen LogP contribution in [-0.2, 0) is 0 Å². The molecule has 6 aromatic carbocycles. The van der Waals surface area contributed by atoms with Crippen molar-refractivity contribution in [2.24, 2.45) is 0 Å². The summed E-state index contributed by atoms with van der Waals surface area (Å²) >= 11 is 0. The Morgan fingerprint density at radius 3 is 0.525 bits per heavy atom. The van der Waals surface area contributed by atoms with Crippen LogP contribution in [0.15, 0.2) is 182 Å². The molecule has 0 unspecified atom stereocenters. The minimum atomic E-state index is -2.76. The lowest BCUT2D eigenvalue weighted by atomic mass is 10.3. The van der Waals surface area contributed by atoms with E-state index >= 15 is 0 Å². The maximum absolute atomic E-state index is 4.17. The molecule has 0 saturated carbocycles. The van der Waals surface area contributed by atoms with Gasteiger partial charge in [-0.25, -0.2) is 0 Å². The molecule has 0 aromatic heterocycles. The molecule has 0 fully saturated rings. The second kappa shape index (κ2) is 11.6. The van der Waals surface area contributed by atoms with E-state index < -0.39 is 16.1 Å². The van der Waals surface area contributed by atoms with Crippen LogP contribution < -0.4 is 31.1 Å². The van der Waals surface area contributed by atoms with Crippen LogP contribution in [0.4, 0.5) is 0 Å². The predicted molar refractivity (Wildman–Crippen MR) is 176 cm³/mol. The molecule has 2 heteroatoms. The van der Waals surface area contributed by atoms with E-state index in [1.54, 1.807) is 0 Å². The summed E-state index contributed by atoms with van der Waals surface area (Å²) < 4.78 is 0. The summed E-state index contributed by atoms with van der Waals surface area (Å²) in [7, 11) is -5.52. The van der Waals surface area contributed by atoms with E-state index in [4.69, 9.17) is 0 Å². The molecule has 40 heavy (non-hydrogen) atoms. The molecule has 0 heterocycles. The van der Waals surface area contributed by atoms with Gasteiger partial charge in [-0.2, -0.15) is 0 Å². The van der Waals surface area contributed by atoms with E-state index in [1.165, 1.54) is 31.1 Å². The van der Waals surface area contributed by atoms with Gasteiger partial charge < -0.3 is 0 Å². The highest BCUT2D eigenvalue weighted by atomic mass is 28.3. The Morgan fingerprint density at radius 1 is 0.225 bits per heavy atom. The van der Waals surface area contributed by atoms with Gasteiger partial charge in [-0.15, -0.1) is 11.1 Å². The van der Waals surface area contributed by atoms with Crippen LogP contribution in [0, 0.1) is 11.1 Å². The minimum Gasteiger partial charge on any atom is -0.120 e. The Morgan fingerprint density at radius 2 is 0.375 bits per heavy atom. The second-order valence-corrected chi connectivity index (χ2v) is 16.9. The molecule has 0 spiro atoms. The first-order valence-corrected chi connectivity index (χ1v) is 17.7. The highest BCUT2D eigenvalue weighted by Gasteiger charge is 2.42. The molecular weight excluding hydrogens is 517 g/mol. The van der Waals surface area contributed by atoms with Crippen LogP contribution in [0.1, 0.15) is 0 Å². The van der Waals surface area contributed by atoms with E-state index in [0.29, 0.717) is 0 Å². The topological polar surface area (TPSA) is 0 Å². The lowest BCUT2D eigenvalue weighted by Gasteiger charge is -2.31. The fourth-order valence-electron chi connectivity index (χ4n) is 5.75. The van der Waals surface area contributed by atoms with E-state index in [-0.39, 0.29) is 0 Å². The molecule has 6 rings (SSSR count). The fourth-order valence-corrected chi connectivity index (χ4v) is 14.3. The van der Waals surface area contributed by atoms with Crippen LogP contribution in [-0.4, -0.2) is 16.1 Å². The lowest BCUT2D eigenvalue weighted by molar-refractivity contribution is 1.69. The second-order valence-electron chi connectivity index (χ2n) is 9.95. The van der Waals surface area contributed by atoms with Crippen molar-refractivity contribution in [1.82, 2.24) is 0 Å². The average molecular weight is 547 g/mol. The molecule has 0 amide bonds. The number of hydrogen-bond acceptors (Lipinski definition) is 0. The predicted octanol–water partition coefficient (Wildman–Crippen LogP) is 4.41. The van der Waals surface area contributed by atoms with Gasteiger partial charge in [0.05, 0.1) is 0 Å². The molecule has 0 nitrogen and oxygen atoms in total. The summed E-state index contributed by atoms with van der Waals surface area (Å²) in [6.45, 7) is 0. The van der Waals surface area contributed by atoms with Gasteiger partial charge in [0.15, 0.2) is 0 Å². The maximum atomic E-state index is 4.17. The first-order valence-electron chi connectivity index (χ1n) is 13.7. The molecule has 0 aliphatic rings. The van der Waals surface area contributed by atoms with Crippen LogP contribution in [0.5, 0.6) is 0 Å². The molecule has 0 atom stereocenters. The van der Waals surface area contributed by atoms with Crippen molar-refractivity contribution in [2.45, 2.75) is 0 Å². The first kappa shape index (κ1) is 25.6. The van der Waals surface area contributed by atoms with Crippen molar-refractivity contribution in [3.63, 3.8) is 0 Å². The molecular formula is C38H30Si2. The summed E-state index contributed by atoms with van der Waals surface area (Å²) in [5.74, 6) is 0. The zero-order chi connectivity index (χ0) is 27.1. The van der Waals surface area contributed by atoms with Crippen LogP contribution in [0.2, 0.25) is 0 Å². The third kappa shape index (κ3) is 4.67. The Balaban J connectivity index is 1.75. The monoisotopic (exact) mass is 546 g/mol. The van der Waals surface area contributed by atoms with Crippen LogP contribution >= 0.6 is 0 Å². The summed E-state index contributed by atoms with van der Waals surface area (Å²) in [5, 5.41) is 7.82. The van der Waals surface area contributed by atoms with Gasteiger partial charge in [0.1, 0.15) is 0 Å². The third-order valence-electron chi connectivity index (χ3n) is 7.68. The Kier molecular flexibility index (Phi) is 7.42. The molecule has 0 aliphatic heterocycles. The Hall–Kier alpha value is -4.69. The summed E-state index contributed by atoms with van der Waals surface area (Å²) in [6, 6.07) is 65.8. The van der Waals surface area contributed by atoms with Crippen LogP contribution in [0.3, 0.4) is 0 Å². The average Bonchev–Trinajstić information content (AvgIpc) is 3.06. The quantitative estimate of drug-likeness (QED) is 0.165. The zero-order valence-electron chi connectivity index (χ0n) is 22.3. The number of benzene rings is 6. The molecule has 0 bridgehead atoms. The maximum Gasteiger partial charge on any atom is 0.228 e. The van der Waals surface area contributed by atoms with Crippen molar-refractivity contribution in [3.8, 4) is 11.1 Å². The summed E-state index contributed by atoms with van der Waals surface area (Å²) in [4.78, 5) is 0. The number of hydrogen-bond donors (Lipinski definition) is 0. The fraction of sp³-hybridized carbons (Fsp3) is 0. The van der Waals surface area contributed by atoms with Crippen LogP contribution in [0.25, 0.3) is 0 Å². The lowest BCUT2D eigenvalue weighted by Crippen LogP contribution is -2.69. The highest BCUT2D eigenvalue weighted by molar-refractivity contribution is 7.20. The highest BCUT2D eigenvalue weighted by Crippen LogP contribution is 2.11. The van der Waals surface area contributed by atoms with E-state index in [9.17, 15) is 0 Å². The standard InChI is InChI=1S/C38H30Si2/c1-7-19-33(20-8-1)39(34-21-9-2-10-22-34,35-23-11-3-12-24-35)31-32-40(36-25-13-4-14-26-36,37-27-15-5-16-28-37)38-29-17-6-18-30-38/h1-30H/i31+2,32+2. The number of rotatable bonds is 6. The largest absolute Gasteiger partial charge is 0.228 e. The smallest absolute Gasteiger partial charge is 0.120 e. The normalized spacial score (nSPS) is 11.3. The summed E-state index contributed by atoms with van der Waals surface area (Å²) in [6.07, 6.45) is 0. The van der Waals surface area contributed by atoms with Crippen molar-refractivity contribution in [1.29, 1.82) is 0 Å². The SMILES string of the molecule is c1ccc([Si]([14C]#[14C][Si](c2ccccc2)(c2ccccc2)c2ccccc2)(c2ccccc2)c2ccccc2)cc1. The first-order chi connectivity index (χ1) is 19.8. The van der Waals surface area contributed by atoms with Gasteiger partial charge in [0.2, 0.25) is 16.1 Å². The van der Waals surface area contributed by atoms with Gasteiger partial charge in [-0.05, 0) is 31.1 Å². The molecule has 0 saturated heterocycles. The van der Waals surface area contributed by atoms with Crippen molar-refractivity contribution >= 4 is 47.3 Å². The van der Waals surface area contributed by atoms with Gasteiger partial charge in [-0.3, -0.25) is 0 Å². The Bertz CT molecular complexity index is 1380. The van der Waals surface area contributed by atoms with Gasteiger partial charge in [0.25, 0.3) is 0 Å². The van der Waals surface area contributed by atoms with Gasteiger partial charge >= 0.3 is 0 Å². The van der Waals surface area contributed by atoms with Crippen molar-refractivity contribution in [3.05, 3.63) is 182 Å². The molecule has 6 aromatic rings. The van der Waals surface area contributed by atoms with Crippen molar-refractivity contribution in [2.75, 3.05) is 0 Å². The molecule has 0 N–H and O–H groups in total. The van der Waals surface area contributed by atoms with Gasteiger partial charge in [0, 0.05) is 0 Å². The van der Waals surface area contributed by atoms with E-state index in [2.05, 4.69) is 193 Å². The Labute approximate surface area is 239 Å². The third-order valence-corrected chi connectivity index (χ3v) is 16.1. The van der Waals surface area contributed by atoms with Crippen molar-refractivity contribution < 1.29 is 0 Å². The molecule has 0 radical (unpaired) electrons. The van der Waals surface area contributed by atoms with E-state index in [1.807, 2.05) is 0 Å². The molecule has 0 aliphatic carbocycles. The van der Waals surface area contributed by atoms with E-state index in [0.717, 1.165) is 0 Å². The summed E-state index contributed by atoms with van der Waals surface area (Å²) in [5.41, 5.74) is 8.34.